The highest BCUT2D eigenvalue weighted by Crippen LogP contribution is 2.20. The van der Waals surface area contributed by atoms with Gasteiger partial charge in [-0.15, -0.1) is 11.8 Å². The van der Waals surface area contributed by atoms with Gasteiger partial charge in [0.05, 0.1) is 19.1 Å². The first-order valence-electron chi connectivity index (χ1n) is 7.04. The Morgan fingerprint density at radius 2 is 1.87 bits per heavy atom. The fourth-order valence-electron chi connectivity index (χ4n) is 1.74. The topological polar surface area (TPSA) is 80.6 Å². The molecule has 0 fully saturated rings. The average Bonchev–Trinajstić information content (AvgIpc) is 3.12. The number of furan rings is 1. The van der Waals surface area contributed by atoms with Crippen LogP contribution in [0.4, 0.5) is 0 Å². The molecule has 0 saturated carbocycles. The van der Waals surface area contributed by atoms with E-state index in [1.54, 1.807) is 19.2 Å². The van der Waals surface area contributed by atoms with Crippen LogP contribution < -0.4 is 15.4 Å². The molecule has 0 aliphatic heterocycles. The molecule has 0 bridgehead atoms. The van der Waals surface area contributed by atoms with Crippen LogP contribution in [0.2, 0.25) is 0 Å². The maximum atomic E-state index is 11.7. The van der Waals surface area contributed by atoms with Crippen molar-refractivity contribution in [1.82, 2.24) is 10.6 Å². The number of amides is 2. The summed E-state index contributed by atoms with van der Waals surface area (Å²) in [5, 5.41) is 5.41. The van der Waals surface area contributed by atoms with Crippen LogP contribution in [0.15, 0.2) is 52.0 Å². The Bertz CT molecular complexity index is 626. The molecule has 23 heavy (non-hydrogen) atoms. The van der Waals surface area contributed by atoms with E-state index in [2.05, 4.69) is 10.6 Å². The lowest BCUT2D eigenvalue weighted by atomic mass is 10.3. The maximum Gasteiger partial charge on any atom is 0.287 e. The third-order valence-corrected chi connectivity index (χ3v) is 3.92. The minimum atomic E-state index is -0.295. The molecule has 2 amide bonds. The van der Waals surface area contributed by atoms with Crippen molar-refractivity contribution in [1.29, 1.82) is 0 Å². The minimum absolute atomic E-state index is 0.0851. The number of nitrogens with one attached hydrogen (secondary N) is 2. The number of rotatable bonds is 8. The lowest BCUT2D eigenvalue weighted by molar-refractivity contribution is -0.118. The highest BCUT2D eigenvalue weighted by Gasteiger charge is 2.07. The summed E-state index contributed by atoms with van der Waals surface area (Å²) in [7, 11) is 1.61. The van der Waals surface area contributed by atoms with Gasteiger partial charge in [0.25, 0.3) is 5.91 Å². The van der Waals surface area contributed by atoms with Crippen LogP contribution in [0.5, 0.6) is 5.75 Å². The van der Waals surface area contributed by atoms with Gasteiger partial charge in [-0.3, -0.25) is 9.59 Å². The van der Waals surface area contributed by atoms with Crippen molar-refractivity contribution in [3.05, 3.63) is 48.4 Å². The minimum Gasteiger partial charge on any atom is -0.497 e. The zero-order valence-corrected chi connectivity index (χ0v) is 13.5. The van der Waals surface area contributed by atoms with E-state index in [0.29, 0.717) is 18.8 Å². The van der Waals surface area contributed by atoms with E-state index in [-0.39, 0.29) is 17.6 Å². The Hall–Kier alpha value is -2.41. The number of ether oxygens (including phenoxy) is 1. The molecule has 2 N–H and O–H groups in total. The van der Waals surface area contributed by atoms with E-state index in [1.807, 2.05) is 24.3 Å². The SMILES string of the molecule is COc1ccc(SCC(=O)NCCNC(=O)c2ccco2)cc1. The second-order valence-corrected chi connectivity index (χ2v) is 5.60. The number of benzene rings is 1. The third-order valence-electron chi connectivity index (χ3n) is 2.91. The maximum absolute atomic E-state index is 11.7. The first-order chi connectivity index (χ1) is 11.2. The summed E-state index contributed by atoms with van der Waals surface area (Å²) < 4.78 is 10.0. The van der Waals surface area contributed by atoms with Crippen LogP contribution in [0.25, 0.3) is 0 Å². The van der Waals surface area contributed by atoms with Crippen LogP contribution >= 0.6 is 11.8 Å². The normalized spacial score (nSPS) is 10.1. The third kappa shape index (κ3) is 5.71. The Kier molecular flexibility index (Phi) is 6.56. The summed E-state index contributed by atoms with van der Waals surface area (Å²) in [6, 6.07) is 10.7. The molecule has 0 aliphatic carbocycles. The number of hydrogen-bond donors (Lipinski definition) is 2. The van der Waals surface area contributed by atoms with Crippen LogP contribution in [0.1, 0.15) is 10.6 Å². The number of thioether (sulfide) groups is 1. The Morgan fingerprint density at radius 1 is 1.13 bits per heavy atom. The van der Waals surface area contributed by atoms with Gasteiger partial charge in [-0.1, -0.05) is 0 Å². The van der Waals surface area contributed by atoms with Crippen LogP contribution in [0, 0.1) is 0 Å². The van der Waals surface area contributed by atoms with Crippen molar-refractivity contribution in [2.45, 2.75) is 4.90 Å². The summed E-state index contributed by atoms with van der Waals surface area (Å²) >= 11 is 1.44. The molecular weight excluding hydrogens is 316 g/mol. The second kappa shape index (κ2) is 8.89. The predicted molar refractivity (Wildman–Crippen MR) is 87.8 cm³/mol. The van der Waals surface area contributed by atoms with Gasteiger partial charge >= 0.3 is 0 Å². The van der Waals surface area contributed by atoms with Gasteiger partial charge in [-0.05, 0) is 36.4 Å². The van der Waals surface area contributed by atoms with Gasteiger partial charge < -0.3 is 19.8 Å². The molecule has 0 unspecified atom stereocenters. The fraction of sp³-hybridized carbons (Fsp3) is 0.250. The molecule has 122 valence electrons. The first kappa shape index (κ1) is 17.0. The number of carbonyl (C=O) groups excluding carboxylic acids is 2. The zero-order valence-electron chi connectivity index (χ0n) is 12.7. The van der Waals surface area contributed by atoms with E-state index in [4.69, 9.17) is 9.15 Å². The molecule has 7 heteroatoms. The summed E-state index contributed by atoms with van der Waals surface area (Å²) in [5.41, 5.74) is 0. The van der Waals surface area contributed by atoms with Crippen molar-refractivity contribution >= 4 is 23.6 Å². The van der Waals surface area contributed by atoms with Crippen molar-refractivity contribution in [3.63, 3.8) is 0 Å². The molecule has 1 heterocycles. The quantitative estimate of drug-likeness (QED) is 0.569. The molecule has 0 aliphatic rings. The molecule has 0 atom stereocenters. The van der Waals surface area contributed by atoms with Gasteiger partial charge in [0.15, 0.2) is 5.76 Å². The molecule has 0 radical (unpaired) electrons. The molecule has 0 saturated heterocycles. The zero-order chi connectivity index (χ0) is 16.5. The molecule has 2 aromatic rings. The highest BCUT2D eigenvalue weighted by molar-refractivity contribution is 8.00. The van der Waals surface area contributed by atoms with Crippen molar-refractivity contribution < 1.29 is 18.7 Å². The number of hydrogen-bond acceptors (Lipinski definition) is 5. The van der Waals surface area contributed by atoms with Crippen molar-refractivity contribution in [3.8, 4) is 5.75 Å². The molecular formula is C16H18N2O4S. The monoisotopic (exact) mass is 334 g/mol. The van der Waals surface area contributed by atoms with Gasteiger partial charge in [0, 0.05) is 18.0 Å². The molecule has 0 spiro atoms. The standard InChI is InChI=1S/C16H18N2O4S/c1-21-12-4-6-13(7-5-12)23-11-15(19)17-8-9-18-16(20)14-3-2-10-22-14/h2-7,10H,8-9,11H2,1H3,(H,17,19)(H,18,20). The summed E-state index contributed by atoms with van der Waals surface area (Å²) in [4.78, 5) is 24.3. The molecule has 1 aromatic carbocycles. The van der Waals surface area contributed by atoms with Gasteiger partial charge in [-0.2, -0.15) is 0 Å². The van der Waals surface area contributed by atoms with Gasteiger partial charge in [-0.25, -0.2) is 0 Å². The number of methoxy groups -OCH3 is 1. The lowest BCUT2D eigenvalue weighted by Crippen LogP contribution is -2.35. The predicted octanol–water partition coefficient (Wildman–Crippen LogP) is 1.93. The van der Waals surface area contributed by atoms with Gasteiger partial charge in [0.2, 0.25) is 5.91 Å². The Labute approximate surface area is 138 Å². The van der Waals surface area contributed by atoms with E-state index in [1.165, 1.54) is 18.0 Å². The van der Waals surface area contributed by atoms with E-state index >= 15 is 0 Å². The largest absolute Gasteiger partial charge is 0.497 e. The van der Waals surface area contributed by atoms with Crippen LogP contribution in [-0.4, -0.2) is 37.8 Å². The summed E-state index contributed by atoms with van der Waals surface area (Å²) in [6.07, 6.45) is 1.44. The Balaban J connectivity index is 1.60. The van der Waals surface area contributed by atoms with E-state index < -0.39 is 0 Å². The highest BCUT2D eigenvalue weighted by atomic mass is 32.2. The van der Waals surface area contributed by atoms with Gasteiger partial charge in [0.1, 0.15) is 5.75 Å². The Morgan fingerprint density at radius 3 is 2.52 bits per heavy atom. The number of carbonyl (C=O) groups is 2. The van der Waals surface area contributed by atoms with E-state index in [0.717, 1.165) is 10.6 Å². The van der Waals surface area contributed by atoms with E-state index in [9.17, 15) is 9.59 Å². The average molecular weight is 334 g/mol. The summed E-state index contributed by atoms with van der Waals surface area (Å²) in [5.74, 6) is 0.978. The van der Waals surface area contributed by atoms with Crippen LogP contribution in [-0.2, 0) is 4.79 Å². The molecule has 6 nitrogen and oxygen atoms in total. The smallest absolute Gasteiger partial charge is 0.287 e. The lowest BCUT2D eigenvalue weighted by Gasteiger charge is -2.06. The van der Waals surface area contributed by atoms with Crippen molar-refractivity contribution in [2.75, 3.05) is 26.0 Å². The van der Waals surface area contributed by atoms with Crippen molar-refractivity contribution in [2.24, 2.45) is 0 Å². The second-order valence-electron chi connectivity index (χ2n) is 4.55. The first-order valence-corrected chi connectivity index (χ1v) is 8.03. The van der Waals surface area contributed by atoms with Crippen LogP contribution in [0.3, 0.4) is 0 Å². The molecule has 1 aromatic heterocycles. The summed E-state index contributed by atoms with van der Waals surface area (Å²) in [6.45, 7) is 0.715. The molecule has 2 rings (SSSR count). The fourth-order valence-corrected chi connectivity index (χ4v) is 2.47.